The zero-order valence-corrected chi connectivity index (χ0v) is 11.5. The Labute approximate surface area is 114 Å². The van der Waals surface area contributed by atoms with Gasteiger partial charge >= 0.3 is 6.18 Å². The standard InChI is InChI=1S/C14H14F3NS/c1-9-7-11(10(2)19-9)8-18-13-5-3-12(4-6-13)14(15,16)17/h3-7,18H,8H2,1-2H3. The van der Waals surface area contributed by atoms with E-state index in [2.05, 4.69) is 11.4 Å². The molecular weight excluding hydrogens is 271 g/mol. The molecule has 19 heavy (non-hydrogen) atoms. The second kappa shape index (κ2) is 5.25. The van der Waals surface area contributed by atoms with E-state index in [0.717, 1.165) is 12.1 Å². The summed E-state index contributed by atoms with van der Waals surface area (Å²) in [4.78, 5) is 2.47. The highest BCUT2D eigenvalue weighted by atomic mass is 32.1. The molecule has 0 fully saturated rings. The van der Waals surface area contributed by atoms with E-state index >= 15 is 0 Å². The summed E-state index contributed by atoms with van der Waals surface area (Å²) in [5.41, 5.74) is 1.25. The number of benzene rings is 1. The van der Waals surface area contributed by atoms with Crippen LogP contribution in [0.15, 0.2) is 30.3 Å². The number of rotatable bonds is 3. The lowest BCUT2D eigenvalue weighted by molar-refractivity contribution is -0.137. The predicted molar refractivity (Wildman–Crippen MR) is 72.6 cm³/mol. The molecule has 1 aromatic heterocycles. The van der Waals surface area contributed by atoms with E-state index in [9.17, 15) is 13.2 Å². The van der Waals surface area contributed by atoms with Crippen LogP contribution >= 0.6 is 11.3 Å². The first-order valence-electron chi connectivity index (χ1n) is 5.83. The quantitative estimate of drug-likeness (QED) is 0.837. The Morgan fingerprint density at radius 3 is 2.21 bits per heavy atom. The molecule has 0 atom stereocenters. The summed E-state index contributed by atoms with van der Waals surface area (Å²) in [5.74, 6) is 0. The van der Waals surface area contributed by atoms with Gasteiger partial charge in [-0.2, -0.15) is 13.2 Å². The van der Waals surface area contributed by atoms with Crippen molar-refractivity contribution in [1.82, 2.24) is 0 Å². The third-order valence-corrected chi connectivity index (χ3v) is 3.85. The van der Waals surface area contributed by atoms with Gasteiger partial charge in [0.1, 0.15) is 0 Å². The van der Waals surface area contributed by atoms with Crippen molar-refractivity contribution in [3.8, 4) is 0 Å². The summed E-state index contributed by atoms with van der Waals surface area (Å²) in [7, 11) is 0. The summed E-state index contributed by atoms with van der Waals surface area (Å²) in [5, 5.41) is 3.13. The topological polar surface area (TPSA) is 12.0 Å². The molecule has 1 nitrogen and oxygen atoms in total. The second-order valence-corrected chi connectivity index (χ2v) is 5.83. The number of hydrogen-bond donors (Lipinski definition) is 1. The van der Waals surface area contributed by atoms with Crippen molar-refractivity contribution in [1.29, 1.82) is 0 Å². The number of halogens is 3. The van der Waals surface area contributed by atoms with Crippen LogP contribution in [0.25, 0.3) is 0 Å². The molecule has 0 radical (unpaired) electrons. The lowest BCUT2D eigenvalue weighted by Crippen LogP contribution is -2.05. The van der Waals surface area contributed by atoms with E-state index in [1.807, 2.05) is 13.8 Å². The number of aryl methyl sites for hydroxylation is 2. The molecule has 0 amide bonds. The Kier molecular flexibility index (Phi) is 3.85. The second-order valence-electron chi connectivity index (χ2n) is 4.37. The van der Waals surface area contributed by atoms with Crippen molar-refractivity contribution in [3.63, 3.8) is 0 Å². The van der Waals surface area contributed by atoms with E-state index in [1.165, 1.54) is 27.5 Å². The number of alkyl halides is 3. The first-order valence-corrected chi connectivity index (χ1v) is 6.65. The lowest BCUT2D eigenvalue weighted by Gasteiger charge is -2.09. The average molecular weight is 285 g/mol. The fourth-order valence-corrected chi connectivity index (χ4v) is 2.78. The molecule has 1 N–H and O–H groups in total. The highest BCUT2D eigenvalue weighted by molar-refractivity contribution is 7.12. The van der Waals surface area contributed by atoms with Crippen molar-refractivity contribution in [3.05, 3.63) is 51.2 Å². The van der Waals surface area contributed by atoms with Crippen molar-refractivity contribution < 1.29 is 13.2 Å². The molecule has 0 unspecified atom stereocenters. The minimum absolute atomic E-state index is 0.624. The van der Waals surface area contributed by atoms with Gasteiger partial charge in [0.15, 0.2) is 0 Å². The maximum atomic E-state index is 12.4. The van der Waals surface area contributed by atoms with E-state index in [-0.39, 0.29) is 0 Å². The number of thiophene rings is 1. The van der Waals surface area contributed by atoms with Crippen LogP contribution in [0.2, 0.25) is 0 Å². The third-order valence-electron chi connectivity index (χ3n) is 2.84. The first kappa shape index (κ1) is 13.9. The molecule has 102 valence electrons. The Morgan fingerprint density at radius 1 is 1.11 bits per heavy atom. The van der Waals surface area contributed by atoms with Gasteiger partial charge in [0.05, 0.1) is 5.56 Å². The predicted octanol–water partition coefficient (Wildman–Crippen LogP) is 5.00. The van der Waals surface area contributed by atoms with Gasteiger partial charge in [-0.1, -0.05) is 0 Å². The van der Waals surface area contributed by atoms with E-state index in [4.69, 9.17) is 0 Å². The molecule has 2 aromatic rings. The molecule has 0 spiro atoms. The number of anilines is 1. The van der Waals surface area contributed by atoms with Crippen LogP contribution in [-0.4, -0.2) is 0 Å². The first-order chi connectivity index (χ1) is 8.86. The Bertz CT molecular complexity index is 555. The maximum absolute atomic E-state index is 12.4. The van der Waals surface area contributed by atoms with Crippen LogP contribution in [0.4, 0.5) is 18.9 Å². The van der Waals surface area contributed by atoms with Gasteiger partial charge in [-0.25, -0.2) is 0 Å². The van der Waals surface area contributed by atoms with Crippen molar-refractivity contribution in [2.75, 3.05) is 5.32 Å². The van der Waals surface area contributed by atoms with Crippen molar-refractivity contribution in [2.45, 2.75) is 26.6 Å². The largest absolute Gasteiger partial charge is 0.416 e. The van der Waals surface area contributed by atoms with Crippen LogP contribution in [0.5, 0.6) is 0 Å². The summed E-state index contributed by atoms with van der Waals surface area (Å²) < 4.78 is 37.2. The zero-order valence-electron chi connectivity index (χ0n) is 10.6. The lowest BCUT2D eigenvalue weighted by atomic mass is 10.2. The third kappa shape index (κ3) is 3.50. The Morgan fingerprint density at radius 2 is 1.74 bits per heavy atom. The van der Waals surface area contributed by atoms with Crippen molar-refractivity contribution >= 4 is 17.0 Å². The van der Waals surface area contributed by atoms with E-state index in [1.54, 1.807) is 11.3 Å². The average Bonchev–Trinajstić information content (AvgIpc) is 2.65. The van der Waals surface area contributed by atoms with Gasteiger partial charge in [-0.05, 0) is 49.7 Å². The molecule has 5 heteroatoms. The highest BCUT2D eigenvalue weighted by Gasteiger charge is 2.29. The molecule has 1 aromatic carbocycles. The van der Waals surface area contributed by atoms with Crippen LogP contribution in [0.1, 0.15) is 20.9 Å². The van der Waals surface area contributed by atoms with E-state index < -0.39 is 11.7 Å². The molecule has 0 bridgehead atoms. The molecule has 1 heterocycles. The SMILES string of the molecule is Cc1cc(CNc2ccc(C(F)(F)F)cc2)c(C)s1. The fourth-order valence-electron chi connectivity index (χ4n) is 1.83. The monoisotopic (exact) mass is 285 g/mol. The summed E-state index contributed by atoms with van der Waals surface area (Å²) in [6, 6.07) is 7.19. The summed E-state index contributed by atoms with van der Waals surface area (Å²) in [6.45, 7) is 4.71. The van der Waals surface area contributed by atoms with Gasteiger partial charge in [0, 0.05) is 22.0 Å². The van der Waals surface area contributed by atoms with Gasteiger partial charge in [-0.3, -0.25) is 0 Å². The van der Waals surface area contributed by atoms with Gasteiger partial charge in [0.2, 0.25) is 0 Å². The van der Waals surface area contributed by atoms with Gasteiger partial charge in [0.25, 0.3) is 0 Å². The molecule has 0 saturated heterocycles. The molecule has 0 saturated carbocycles. The van der Waals surface area contributed by atoms with Crippen LogP contribution in [0.3, 0.4) is 0 Å². The smallest absolute Gasteiger partial charge is 0.381 e. The molecule has 0 aliphatic heterocycles. The molecule has 2 rings (SSSR count). The van der Waals surface area contributed by atoms with Crippen LogP contribution < -0.4 is 5.32 Å². The number of nitrogens with one attached hydrogen (secondary N) is 1. The Hall–Kier alpha value is -1.49. The van der Waals surface area contributed by atoms with Gasteiger partial charge < -0.3 is 5.32 Å². The minimum Gasteiger partial charge on any atom is -0.381 e. The fraction of sp³-hybridized carbons (Fsp3) is 0.286. The highest BCUT2D eigenvalue weighted by Crippen LogP contribution is 2.30. The van der Waals surface area contributed by atoms with Crippen molar-refractivity contribution in [2.24, 2.45) is 0 Å². The minimum atomic E-state index is -4.28. The Balaban J connectivity index is 2.02. The summed E-state index contributed by atoms with van der Waals surface area (Å²) >= 11 is 1.72. The normalized spacial score (nSPS) is 11.6. The number of hydrogen-bond acceptors (Lipinski definition) is 2. The summed E-state index contributed by atoms with van der Waals surface area (Å²) in [6.07, 6.45) is -4.28. The molecular formula is C14H14F3NS. The maximum Gasteiger partial charge on any atom is 0.416 e. The van der Waals surface area contributed by atoms with Crippen LogP contribution in [0, 0.1) is 13.8 Å². The van der Waals surface area contributed by atoms with E-state index in [0.29, 0.717) is 12.2 Å². The molecule has 0 aliphatic rings. The van der Waals surface area contributed by atoms with Gasteiger partial charge in [-0.15, -0.1) is 11.3 Å². The molecule has 0 aliphatic carbocycles. The van der Waals surface area contributed by atoms with Crippen LogP contribution in [-0.2, 0) is 12.7 Å². The zero-order chi connectivity index (χ0) is 14.0.